The fourth-order valence-corrected chi connectivity index (χ4v) is 2.32. The quantitative estimate of drug-likeness (QED) is 0.687. The summed E-state index contributed by atoms with van der Waals surface area (Å²) >= 11 is 0. The van der Waals surface area contributed by atoms with Crippen molar-refractivity contribution in [1.29, 1.82) is 0 Å². The van der Waals surface area contributed by atoms with Crippen LogP contribution in [0, 0.1) is 13.8 Å². The van der Waals surface area contributed by atoms with E-state index in [1.165, 1.54) is 0 Å². The summed E-state index contributed by atoms with van der Waals surface area (Å²) < 4.78 is 0. The number of nitrogens with one attached hydrogen (secondary N) is 1. The summed E-state index contributed by atoms with van der Waals surface area (Å²) in [5.74, 6) is 0.236. The van der Waals surface area contributed by atoms with Crippen LogP contribution in [-0.4, -0.2) is 15.2 Å². The molecule has 0 radical (unpaired) electrons. The Morgan fingerprint density at radius 3 is 2.56 bits per heavy atom. The molecule has 1 aromatic carbocycles. The first-order valence-electron chi connectivity index (χ1n) is 5.57. The molecule has 0 amide bonds. The van der Waals surface area contributed by atoms with Gasteiger partial charge in [0.15, 0.2) is 0 Å². The molecule has 0 unspecified atom stereocenters. The Bertz CT molecular complexity index is 579. The van der Waals surface area contributed by atoms with Crippen LogP contribution < -0.4 is 0 Å². The maximum absolute atomic E-state index is 10.2. The summed E-state index contributed by atoms with van der Waals surface area (Å²) in [6.45, 7) is 3.97. The van der Waals surface area contributed by atoms with Gasteiger partial charge in [-0.3, -0.25) is 0 Å². The number of fused-ring (bicyclic) bond motifs is 1. The van der Waals surface area contributed by atoms with Crippen molar-refractivity contribution in [2.24, 2.45) is 0 Å². The number of H-pyrrole nitrogens is 1. The monoisotopic (exact) mass is 217 g/mol. The minimum Gasteiger partial charge on any atom is -0.507 e. The Labute approximate surface area is 93.7 Å². The van der Waals surface area contributed by atoms with Gasteiger partial charge in [-0.15, -0.1) is 0 Å². The molecule has 84 valence electrons. The smallest absolute Gasteiger partial charge is 0.131 e. The number of phenols is 1. The lowest BCUT2D eigenvalue weighted by Crippen LogP contribution is -2.04. The molecule has 1 saturated carbocycles. The van der Waals surface area contributed by atoms with Gasteiger partial charge in [0.1, 0.15) is 5.75 Å². The highest BCUT2D eigenvalue weighted by Gasteiger charge is 2.44. The zero-order valence-electron chi connectivity index (χ0n) is 9.46. The number of aromatic hydroxyl groups is 1. The van der Waals surface area contributed by atoms with E-state index in [2.05, 4.69) is 4.98 Å². The van der Waals surface area contributed by atoms with Gasteiger partial charge in [-0.25, -0.2) is 0 Å². The number of hydrogen-bond acceptors (Lipinski definition) is 2. The fraction of sp³-hybridized carbons (Fsp3) is 0.385. The topological polar surface area (TPSA) is 56.2 Å². The van der Waals surface area contributed by atoms with E-state index in [-0.39, 0.29) is 5.75 Å². The Kier molecular flexibility index (Phi) is 1.70. The molecule has 1 fully saturated rings. The zero-order chi connectivity index (χ0) is 11.5. The van der Waals surface area contributed by atoms with E-state index in [9.17, 15) is 10.2 Å². The Balaban J connectivity index is 2.34. The molecule has 3 heteroatoms. The van der Waals surface area contributed by atoms with Crippen LogP contribution in [0.1, 0.15) is 29.7 Å². The van der Waals surface area contributed by atoms with Crippen LogP contribution in [0.15, 0.2) is 12.1 Å². The lowest BCUT2D eigenvalue weighted by molar-refractivity contribution is 0.148. The highest BCUT2D eigenvalue weighted by molar-refractivity contribution is 5.91. The second kappa shape index (κ2) is 2.80. The largest absolute Gasteiger partial charge is 0.507 e. The molecule has 1 aliphatic carbocycles. The van der Waals surface area contributed by atoms with Crippen LogP contribution in [0.25, 0.3) is 10.9 Å². The molecule has 0 saturated heterocycles. The van der Waals surface area contributed by atoms with Gasteiger partial charge >= 0.3 is 0 Å². The highest BCUT2D eigenvalue weighted by Crippen LogP contribution is 2.50. The van der Waals surface area contributed by atoms with Crippen molar-refractivity contribution in [3.8, 4) is 5.75 Å². The molecule has 3 N–H and O–H groups in total. The number of hydrogen-bond donors (Lipinski definition) is 3. The Morgan fingerprint density at radius 2 is 1.94 bits per heavy atom. The van der Waals surface area contributed by atoms with Gasteiger partial charge in [0.2, 0.25) is 0 Å². The van der Waals surface area contributed by atoms with Crippen molar-refractivity contribution in [1.82, 2.24) is 4.98 Å². The second-order valence-corrected chi connectivity index (χ2v) is 4.79. The standard InChI is InChI=1S/C13H15NO2/c1-7-8(2)14-10-4-3-9(12(15)11(7)10)13(16)5-6-13/h3-4,14-16H,5-6H2,1-2H3. The molecule has 1 heterocycles. The minimum atomic E-state index is -0.782. The van der Waals surface area contributed by atoms with E-state index in [0.717, 1.165) is 35.0 Å². The average Bonchev–Trinajstić information content (AvgIpc) is 2.89. The van der Waals surface area contributed by atoms with Crippen LogP contribution in [-0.2, 0) is 5.60 Å². The number of aromatic nitrogens is 1. The van der Waals surface area contributed by atoms with Gasteiger partial charge in [-0.1, -0.05) is 6.07 Å². The molecule has 0 spiro atoms. The number of aromatic amines is 1. The normalized spacial score (nSPS) is 17.9. The van der Waals surface area contributed by atoms with Crippen LogP contribution in [0.5, 0.6) is 5.75 Å². The van der Waals surface area contributed by atoms with E-state index in [4.69, 9.17) is 0 Å². The summed E-state index contributed by atoms with van der Waals surface area (Å²) in [5, 5.41) is 21.2. The van der Waals surface area contributed by atoms with E-state index in [1.807, 2.05) is 26.0 Å². The molecule has 16 heavy (non-hydrogen) atoms. The molecule has 0 atom stereocenters. The summed E-state index contributed by atoms with van der Waals surface area (Å²) in [5.41, 5.74) is 2.93. The predicted molar refractivity (Wildman–Crippen MR) is 62.6 cm³/mol. The molecule has 3 nitrogen and oxygen atoms in total. The van der Waals surface area contributed by atoms with Crippen molar-refractivity contribution < 1.29 is 10.2 Å². The van der Waals surface area contributed by atoms with Crippen molar-refractivity contribution in [3.05, 3.63) is 29.0 Å². The summed E-state index contributed by atoms with van der Waals surface area (Å²) in [7, 11) is 0. The third-order valence-electron chi connectivity index (χ3n) is 3.66. The lowest BCUT2D eigenvalue weighted by atomic mass is 10.0. The third-order valence-corrected chi connectivity index (χ3v) is 3.66. The van der Waals surface area contributed by atoms with Crippen molar-refractivity contribution in [3.63, 3.8) is 0 Å². The highest BCUT2D eigenvalue weighted by atomic mass is 16.3. The number of aliphatic hydroxyl groups is 1. The van der Waals surface area contributed by atoms with E-state index in [1.54, 1.807) is 0 Å². The summed E-state index contributed by atoms with van der Waals surface area (Å²) in [6.07, 6.45) is 1.49. The zero-order valence-corrected chi connectivity index (χ0v) is 9.46. The van der Waals surface area contributed by atoms with E-state index >= 15 is 0 Å². The molecule has 1 aliphatic rings. The van der Waals surface area contributed by atoms with E-state index in [0.29, 0.717) is 5.56 Å². The molecular weight excluding hydrogens is 202 g/mol. The van der Waals surface area contributed by atoms with Gasteiger partial charge in [0.25, 0.3) is 0 Å². The van der Waals surface area contributed by atoms with Crippen LogP contribution in [0.3, 0.4) is 0 Å². The molecule has 0 aliphatic heterocycles. The molecule has 0 bridgehead atoms. The van der Waals surface area contributed by atoms with Crippen LogP contribution in [0.2, 0.25) is 0 Å². The maximum atomic E-state index is 10.2. The third kappa shape index (κ3) is 1.12. The van der Waals surface area contributed by atoms with Crippen molar-refractivity contribution in [2.75, 3.05) is 0 Å². The van der Waals surface area contributed by atoms with Crippen molar-refractivity contribution >= 4 is 10.9 Å². The van der Waals surface area contributed by atoms with Crippen LogP contribution in [0.4, 0.5) is 0 Å². The first-order valence-corrected chi connectivity index (χ1v) is 5.57. The van der Waals surface area contributed by atoms with Gasteiger partial charge in [-0.05, 0) is 38.3 Å². The van der Waals surface area contributed by atoms with Gasteiger partial charge in [-0.2, -0.15) is 0 Å². The lowest BCUT2D eigenvalue weighted by Gasteiger charge is -2.11. The molecule has 3 rings (SSSR count). The van der Waals surface area contributed by atoms with Crippen molar-refractivity contribution in [2.45, 2.75) is 32.3 Å². The number of benzene rings is 1. The fourth-order valence-electron chi connectivity index (χ4n) is 2.32. The average molecular weight is 217 g/mol. The predicted octanol–water partition coefficient (Wildman–Crippen LogP) is 2.47. The van der Waals surface area contributed by atoms with Gasteiger partial charge in [0, 0.05) is 22.2 Å². The number of phenolic OH excluding ortho intramolecular Hbond substituents is 1. The molecule has 2 aromatic rings. The summed E-state index contributed by atoms with van der Waals surface area (Å²) in [6, 6.07) is 3.75. The number of rotatable bonds is 1. The van der Waals surface area contributed by atoms with Gasteiger partial charge in [0.05, 0.1) is 5.60 Å². The van der Waals surface area contributed by atoms with Crippen LogP contribution >= 0.6 is 0 Å². The Hall–Kier alpha value is -1.48. The first-order chi connectivity index (χ1) is 7.53. The first kappa shape index (κ1) is 9.73. The number of aryl methyl sites for hydroxylation is 2. The van der Waals surface area contributed by atoms with E-state index < -0.39 is 5.60 Å². The summed E-state index contributed by atoms with van der Waals surface area (Å²) in [4.78, 5) is 3.22. The Morgan fingerprint density at radius 1 is 1.25 bits per heavy atom. The van der Waals surface area contributed by atoms with Gasteiger partial charge < -0.3 is 15.2 Å². The SMILES string of the molecule is Cc1[nH]c2ccc(C3(O)CC3)c(O)c2c1C. The maximum Gasteiger partial charge on any atom is 0.131 e. The molecular formula is C13H15NO2. The second-order valence-electron chi connectivity index (χ2n) is 4.79. The molecule has 1 aromatic heterocycles. The minimum absolute atomic E-state index is 0.236.